The fourth-order valence-corrected chi connectivity index (χ4v) is 2.69. The lowest BCUT2D eigenvalue weighted by Crippen LogP contribution is -2.23. The molecule has 0 saturated carbocycles. The molecule has 0 fully saturated rings. The topological polar surface area (TPSA) is 54.4 Å². The zero-order valence-electron chi connectivity index (χ0n) is 8.84. The van der Waals surface area contributed by atoms with Crippen LogP contribution >= 0.6 is 10.2 Å². The quantitative estimate of drug-likeness (QED) is 0.806. The van der Waals surface area contributed by atoms with E-state index >= 15 is 0 Å². The summed E-state index contributed by atoms with van der Waals surface area (Å²) in [5, 5.41) is 8.89. The van der Waals surface area contributed by atoms with E-state index in [9.17, 15) is 41.0 Å². The van der Waals surface area contributed by atoms with Crippen LogP contribution in [0.25, 0.3) is 0 Å². The maximum Gasteiger partial charge on any atom is 0.502 e. The Balaban J connectivity index is 3.73. The van der Waals surface area contributed by atoms with E-state index in [1.165, 1.54) is 0 Å². The Kier molecular flexibility index (Phi) is 2.94. The lowest BCUT2D eigenvalue weighted by atomic mass is 10.3. The van der Waals surface area contributed by atoms with Crippen molar-refractivity contribution in [2.75, 3.05) is 0 Å². The summed E-state index contributed by atoms with van der Waals surface area (Å²) >= 11 is 0. The third-order valence-corrected chi connectivity index (χ3v) is 4.63. The van der Waals surface area contributed by atoms with E-state index in [0.717, 1.165) is 0 Å². The second kappa shape index (κ2) is 3.50. The highest BCUT2D eigenvalue weighted by molar-refractivity contribution is 8.45. The molecule has 20 heavy (non-hydrogen) atoms. The largest absolute Gasteiger partial charge is 0.507 e. The van der Waals surface area contributed by atoms with Gasteiger partial charge in [-0.1, -0.05) is 19.4 Å². The second-order valence-electron chi connectivity index (χ2n) is 3.55. The number of rotatable bonds is 2. The van der Waals surface area contributed by atoms with Crippen molar-refractivity contribution in [2.45, 2.75) is 15.3 Å². The van der Waals surface area contributed by atoms with Crippen LogP contribution in [-0.2, 0) is 9.84 Å². The summed E-state index contributed by atoms with van der Waals surface area (Å²) in [6.45, 7) is 0. The minimum absolute atomic E-state index is 0.203. The molecule has 0 radical (unpaired) electrons. The minimum atomic E-state index is -10.4. The van der Waals surface area contributed by atoms with E-state index < -0.39 is 53.2 Å². The number of benzene rings is 1. The van der Waals surface area contributed by atoms with E-state index in [1.54, 1.807) is 0 Å². The van der Waals surface area contributed by atoms with Gasteiger partial charge in [0.15, 0.2) is 0 Å². The molecule has 13 heteroatoms. The average molecular weight is 352 g/mol. The lowest BCUT2D eigenvalue weighted by molar-refractivity contribution is -0.0437. The van der Waals surface area contributed by atoms with Crippen molar-refractivity contribution in [2.24, 2.45) is 0 Å². The average Bonchev–Trinajstić information content (AvgIpc) is 2.11. The highest BCUT2D eigenvalue weighted by atomic mass is 32.5. The van der Waals surface area contributed by atoms with E-state index in [1.807, 2.05) is 0 Å². The molecule has 3 nitrogen and oxygen atoms in total. The van der Waals surface area contributed by atoms with Crippen LogP contribution in [0.1, 0.15) is 0 Å². The SMILES string of the molecule is O=S(=O)(c1cc(S(F)(F)(F)(F)F)ccc1O)C(F)(F)F. The van der Waals surface area contributed by atoms with Crippen molar-refractivity contribution >= 4 is 20.1 Å². The van der Waals surface area contributed by atoms with Gasteiger partial charge >= 0.3 is 15.7 Å². The number of alkyl halides is 3. The molecule has 0 spiro atoms. The number of aromatic hydroxyl groups is 1. The molecule has 0 bridgehead atoms. The number of hydrogen-bond donors (Lipinski definition) is 1. The first kappa shape index (κ1) is 16.8. The van der Waals surface area contributed by atoms with Crippen LogP contribution in [0.3, 0.4) is 0 Å². The Morgan fingerprint density at radius 1 is 1.00 bits per heavy atom. The second-order valence-corrected chi connectivity index (χ2v) is 7.87. The fraction of sp³-hybridized carbons (Fsp3) is 0.143. The van der Waals surface area contributed by atoms with Gasteiger partial charge in [0.25, 0.3) is 9.84 Å². The monoisotopic (exact) mass is 352 g/mol. The molecule has 0 amide bonds. The number of sulfone groups is 1. The Labute approximate surface area is 106 Å². The van der Waals surface area contributed by atoms with Gasteiger partial charge < -0.3 is 5.11 Å². The van der Waals surface area contributed by atoms with E-state index in [2.05, 4.69) is 0 Å². The molecule has 0 atom stereocenters. The molecule has 0 aromatic heterocycles. The van der Waals surface area contributed by atoms with Crippen LogP contribution in [0.15, 0.2) is 28.0 Å². The first-order valence-electron chi connectivity index (χ1n) is 4.25. The molecule has 1 aromatic carbocycles. The predicted octanol–water partition coefficient (Wildman–Crippen LogP) is 4.34. The zero-order valence-corrected chi connectivity index (χ0v) is 10.5. The summed E-state index contributed by atoms with van der Waals surface area (Å²) < 4.78 is 120. The van der Waals surface area contributed by atoms with Gasteiger partial charge in [0.2, 0.25) is 0 Å². The fourth-order valence-electron chi connectivity index (χ4n) is 1.07. The molecule has 0 saturated heterocycles. The summed E-state index contributed by atoms with van der Waals surface area (Å²) in [6.07, 6.45) is 0. The smallest absolute Gasteiger partial charge is 0.502 e. The molecule has 0 aliphatic heterocycles. The van der Waals surface area contributed by atoms with Crippen LogP contribution in [-0.4, -0.2) is 19.0 Å². The van der Waals surface area contributed by atoms with Gasteiger partial charge in [0, 0.05) is 0 Å². The van der Waals surface area contributed by atoms with Gasteiger partial charge in [-0.15, -0.1) is 0 Å². The molecule has 0 aliphatic carbocycles. The third-order valence-electron chi connectivity index (χ3n) is 1.97. The van der Waals surface area contributed by atoms with Crippen molar-refractivity contribution in [3.63, 3.8) is 0 Å². The summed E-state index contributed by atoms with van der Waals surface area (Å²) in [7, 11) is -16.8. The molecule has 0 unspecified atom stereocenters. The normalized spacial score (nSPS) is 17.4. The highest BCUT2D eigenvalue weighted by Gasteiger charge is 2.66. The van der Waals surface area contributed by atoms with Crippen molar-refractivity contribution in [1.82, 2.24) is 0 Å². The third kappa shape index (κ3) is 3.08. The first-order valence-corrected chi connectivity index (χ1v) is 7.68. The van der Waals surface area contributed by atoms with Gasteiger partial charge in [0.05, 0.1) is 0 Å². The molecule has 1 rings (SSSR count). The maximum absolute atomic E-state index is 12.4. The summed E-state index contributed by atoms with van der Waals surface area (Å²) in [6, 6.07) is -1.56. The standard InChI is InChI=1S/C7H4F8O3S2/c8-7(9,10)19(17,18)6-3-4(1-2-5(6)16)20(11,12,13,14)15/h1-3,16H. The lowest BCUT2D eigenvalue weighted by Gasteiger charge is -2.40. The highest BCUT2D eigenvalue weighted by Crippen LogP contribution is 3.02. The summed E-state index contributed by atoms with van der Waals surface area (Å²) in [5.74, 6) is -1.73. The Bertz CT molecular complexity index is 658. The van der Waals surface area contributed by atoms with Crippen LogP contribution < -0.4 is 0 Å². The molecule has 1 N–H and O–H groups in total. The predicted molar refractivity (Wildman–Crippen MR) is 52.7 cm³/mol. The number of phenolic OH excluding ortho intramolecular Hbond substituents is 1. The van der Waals surface area contributed by atoms with Gasteiger partial charge in [-0.3, -0.25) is 0 Å². The molecule has 1 aromatic rings. The van der Waals surface area contributed by atoms with Gasteiger partial charge in [-0.05, 0) is 18.2 Å². The Morgan fingerprint density at radius 3 is 1.80 bits per heavy atom. The molecule has 0 aliphatic rings. The number of hydrogen-bond acceptors (Lipinski definition) is 3. The van der Waals surface area contributed by atoms with Gasteiger partial charge in [0.1, 0.15) is 15.5 Å². The van der Waals surface area contributed by atoms with Gasteiger partial charge in [-0.25, -0.2) is 8.42 Å². The van der Waals surface area contributed by atoms with E-state index in [4.69, 9.17) is 5.11 Å². The van der Waals surface area contributed by atoms with Crippen LogP contribution in [0, 0.1) is 0 Å². The van der Waals surface area contributed by atoms with Crippen molar-refractivity contribution < 1.29 is 46.1 Å². The molecular formula is C7H4F8O3S2. The molecular weight excluding hydrogens is 348 g/mol. The number of phenols is 1. The minimum Gasteiger partial charge on any atom is -0.507 e. The molecule has 118 valence electrons. The van der Waals surface area contributed by atoms with Crippen LogP contribution in [0.5, 0.6) is 5.75 Å². The zero-order chi connectivity index (χ0) is 16.3. The Hall–Kier alpha value is -1.24. The van der Waals surface area contributed by atoms with Crippen LogP contribution in [0.2, 0.25) is 0 Å². The van der Waals surface area contributed by atoms with Gasteiger partial charge in [-0.2, -0.15) is 13.2 Å². The van der Waals surface area contributed by atoms with E-state index in [0.29, 0.717) is 0 Å². The Morgan fingerprint density at radius 2 is 1.45 bits per heavy atom. The van der Waals surface area contributed by atoms with Crippen molar-refractivity contribution in [3.05, 3.63) is 18.2 Å². The summed E-state index contributed by atoms with van der Waals surface area (Å²) in [5.41, 5.74) is -6.05. The van der Waals surface area contributed by atoms with E-state index in [-0.39, 0.29) is 6.07 Å². The maximum atomic E-state index is 12.4. The number of halogens is 8. The van der Waals surface area contributed by atoms with Crippen molar-refractivity contribution in [1.29, 1.82) is 0 Å². The molecule has 0 heterocycles. The summed E-state index contributed by atoms with van der Waals surface area (Å²) in [4.78, 5) is -5.15. The van der Waals surface area contributed by atoms with Crippen LogP contribution in [0.4, 0.5) is 32.6 Å². The first-order chi connectivity index (χ1) is 8.36. The van der Waals surface area contributed by atoms with Crippen molar-refractivity contribution in [3.8, 4) is 5.75 Å².